The maximum Gasteiger partial charge on any atom is 0.182 e. The molecule has 0 aliphatic rings. The van der Waals surface area contributed by atoms with Gasteiger partial charge in [-0.25, -0.2) is 0 Å². The van der Waals surface area contributed by atoms with E-state index in [1.165, 1.54) is 0 Å². The van der Waals surface area contributed by atoms with Crippen molar-refractivity contribution in [2.45, 2.75) is 6.92 Å². The second-order valence-electron chi connectivity index (χ2n) is 2.98. The molecule has 0 radical (unpaired) electrons. The summed E-state index contributed by atoms with van der Waals surface area (Å²) in [6.45, 7) is 1.97. The van der Waals surface area contributed by atoms with Gasteiger partial charge in [0.05, 0.1) is 11.9 Å². The Morgan fingerprint density at radius 1 is 1.46 bits per heavy atom. The number of H-pyrrole nitrogens is 1. The number of nitrogens with one attached hydrogen (secondary N) is 1. The van der Waals surface area contributed by atoms with Gasteiger partial charge in [0.1, 0.15) is 0 Å². The Balaban J connectivity index is 2.58. The number of hydrogen-bond acceptors (Lipinski definition) is 2. The van der Waals surface area contributed by atoms with Gasteiger partial charge in [-0.05, 0) is 19.1 Å². The van der Waals surface area contributed by atoms with E-state index in [2.05, 4.69) is 10.1 Å². The summed E-state index contributed by atoms with van der Waals surface area (Å²) in [5.41, 5.74) is 2.03. The van der Waals surface area contributed by atoms with E-state index in [1.54, 1.807) is 10.9 Å². The lowest BCUT2D eigenvalue weighted by Gasteiger charge is -1.93. The molecule has 0 aliphatic carbocycles. The zero-order valence-corrected chi connectivity index (χ0v) is 8.30. The first kappa shape index (κ1) is 8.25. The summed E-state index contributed by atoms with van der Waals surface area (Å²) in [7, 11) is 1.88. The Bertz CT molecular complexity index is 476. The van der Waals surface area contributed by atoms with Crippen LogP contribution in [0.15, 0.2) is 18.6 Å². The maximum atomic E-state index is 5.13. The number of imidazole rings is 1. The first-order valence-corrected chi connectivity index (χ1v) is 4.35. The summed E-state index contributed by atoms with van der Waals surface area (Å²) < 4.78 is 4.35. The van der Waals surface area contributed by atoms with Gasteiger partial charge in [0.2, 0.25) is 0 Å². The molecule has 13 heavy (non-hydrogen) atoms. The molecule has 5 heteroatoms. The van der Waals surface area contributed by atoms with E-state index < -0.39 is 0 Å². The standard InChI is InChI=1S/C8H10N4S/c1-6-4-12(8(13)10-6)7-3-9-11(2)5-7/h3-5H,1-2H3,(H,10,13). The van der Waals surface area contributed by atoms with Crippen molar-refractivity contribution in [3.05, 3.63) is 29.1 Å². The van der Waals surface area contributed by atoms with Gasteiger partial charge in [0.25, 0.3) is 0 Å². The van der Waals surface area contributed by atoms with Crippen LogP contribution in [-0.2, 0) is 7.05 Å². The molecule has 4 nitrogen and oxygen atoms in total. The Kier molecular flexibility index (Phi) is 1.81. The van der Waals surface area contributed by atoms with E-state index in [-0.39, 0.29) is 0 Å². The van der Waals surface area contributed by atoms with E-state index in [4.69, 9.17) is 12.2 Å². The van der Waals surface area contributed by atoms with Crippen LogP contribution in [0.3, 0.4) is 0 Å². The van der Waals surface area contributed by atoms with Gasteiger partial charge in [-0.1, -0.05) is 0 Å². The zero-order chi connectivity index (χ0) is 9.42. The molecule has 0 spiro atoms. The molecule has 1 N–H and O–H groups in total. The molecule has 0 saturated carbocycles. The fraction of sp³-hybridized carbons (Fsp3) is 0.250. The summed E-state index contributed by atoms with van der Waals surface area (Å²) in [5.74, 6) is 0. The molecular weight excluding hydrogens is 184 g/mol. The largest absolute Gasteiger partial charge is 0.335 e. The molecular formula is C8H10N4S. The zero-order valence-electron chi connectivity index (χ0n) is 7.48. The summed E-state index contributed by atoms with van der Waals surface area (Å²) in [6.07, 6.45) is 5.66. The highest BCUT2D eigenvalue weighted by atomic mass is 32.1. The molecule has 0 fully saturated rings. The van der Waals surface area contributed by atoms with Crippen molar-refractivity contribution in [2.75, 3.05) is 0 Å². The van der Waals surface area contributed by atoms with Crippen LogP contribution >= 0.6 is 12.2 Å². The maximum absolute atomic E-state index is 5.13. The first-order valence-electron chi connectivity index (χ1n) is 3.94. The van der Waals surface area contributed by atoms with E-state index in [0.29, 0.717) is 4.77 Å². The van der Waals surface area contributed by atoms with Gasteiger partial charge in [0.15, 0.2) is 4.77 Å². The quantitative estimate of drug-likeness (QED) is 0.700. The lowest BCUT2D eigenvalue weighted by atomic mass is 10.5. The van der Waals surface area contributed by atoms with E-state index in [9.17, 15) is 0 Å². The van der Waals surface area contributed by atoms with Crippen LogP contribution in [0, 0.1) is 11.7 Å². The Hall–Kier alpha value is -1.36. The smallest absolute Gasteiger partial charge is 0.182 e. The second kappa shape index (κ2) is 2.85. The molecule has 0 unspecified atom stereocenters. The van der Waals surface area contributed by atoms with Gasteiger partial charge in [-0.2, -0.15) is 5.10 Å². The Labute approximate surface area is 80.8 Å². The number of aromatic nitrogens is 4. The number of nitrogens with zero attached hydrogens (tertiary/aromatic N) is 3. The summed E-state index contributed by atoms with van der Waals surface area (Å²) in [5, 5.41) is 4.08. The van der Waals surface area contributed by atoms with Crippen molar-refractivity contribution in [2.24, 2.45) is 7.05 Å². The Morgan fingerprint density at radius 2 is 2.23 bits per heavy atom. The lowest BCUT2D eigenvalue weighted by molar-refractivity contribution is 0.767. The van der Waals surface area contributed by atoms with Crippen LogP contribution in [0.25, 0.3) is 5.69 Å². The first-order chi connectivity index (χ1) is 6.16. The summed E-state index contributed by atoms with van der Waals surface area (Å²) >= 11 is 5.13. The predicted octanol–water partition coefficient (Wildman–Crippen LogP) is 1.58. The van der Waals surface area contributed by atoms with E-state index in [0.717, 1.165) is 11.4 Å². The molecule has 2 aromatic rings. The highest BCUT2D eigenvalue weighted by Crippen LogP contribution is 2.07. The topological polar surface area (TPSA) is 38.5 Å². The molecule has 0 amide bonds. The molecule has 0 bridgehead atoms. The fourth-order valence-electron chi connectivity index (χ4n) is 1.24. The predicted molar refractivity (Wildman–Crippen MR) is 52.5 cm³/mol. The SMILES string of the molecule is Cc1cn(-c2cnn(C)c2)c(=S)[nH]1. The van der Waals surface area contributed by atoms with Crippen LogP contribution in [0.2, 0.25) is 0 Å². The van der Waals surface area contributed by atoms with Crippen LogP contribution < -0.4 is 0 Å². The third kappa shape index (κ3) is 1.42. The minimum atomic E-state index is 0.700. The fourth-order valence-corrected chi connectivity index (χ4v) is 1.56. The summed E-state index contributed by atoms with van der Waals surface area (Å²) in [4.78, 5) is 3.06. The second-order valence-corrected chi connectivity index (χ2v) is 3.37. The number of rotatable bonds is 1. The van der Waals surface area contributed by atoms with Gasteiger partial charge in [-0.15, -0.1) is 0 Å². The third-order valence-corrected chi connectivity index (χ3v) is 2.11. The molecule has 2 rings (SSSR count). The monoisotopic (exact) mass is 194 g/mol. The minimum Gasteiger partial charge on any atom is -0.335 e. The van der Waals surface area contributed by atoms with E-state index in [1.807, 2.05) is 30.9 Å². The number of aromatic amines is 1. The van der Waals surface area contributed by atoms with Gasteiger partial charge in [0, 0.05) is 25.1 Å². The van der Waals surface area contributed by atoms with Crippen molar-refractivity contribution in [3.63, 3.8) is 0 Å². The average Bonchev–Trinajstić information content (AvgIpc) is 2.58. The molecule has 2 heterocycles. The number of hydrogen-bond donors (Lipinski definition) is 1. The molecule has 2 aromatic heterocycles. The van der Waals surface area contributed by atoms with Gasteiger partial charge in [-0.3, -0.25) is 9.25 Å². The van der Waals surface area contributed by atoms with Crippen LogP contribution in [0.5, 0.6) is 0 Å². The van der Waals surface area contributed by atoms with Crippen molar-refractivity contribution < 1.29 is 0 Å². The Morgan fingerprint density at radius 3 is 2.69 bits per heavy atom. The van der Waals surface area contributed by atoms with E-state index >= 15 is 0 Å². The van der Waals surface area contributed by atoms with Crippen LogP contribution in [0.4, 0.5) is 0 Å². The van der Waals surface area contributed by atoms with Crippen LogP contribution in [0.1, 0.15) is 5.69 Å². The van der Waals surface area contributed by atoms with Crippen molar-refractivity contribution in [1.29, 1.82) is 0 Å². The normalized spacial score (nSPS) is 10.6. The third-order valence-electron chi connectivity index (χ3n) is 1.82. The molecule has 68 valence electrons. The highest BCUT2D eigenvalue weighted by molar-refractivity contribution is 7.71. The average molecular weight is 194 g/mol. The van der Waals surface area contributed by atoms with Crippen LogP contribution in [-0.4, -0.2) is 19.3 Å². The molecule has 0 atom stereocenters. The lowest BCUT2D eigenvalue weighted by Crippen LogP contribution is -1.89. The van der Waals surface area contributed by atoms with Gasteiger partial charge >= 0.3 is 0 Å². The minimum absolute atomic E-state index is 0.700. The molecule has 0 aliphatic heterocycles. The van der Waals surface area contributed by atoms with Crippen molar-refractivity contribution in [1.82, 2.24) is 19.3 Å². The van der Waals surface area contributed by atoms with Crippen molar-refractivity contribution >= 4 is 12.2 Å². The highest BCUT2D eigenvalue weighted by Gasteiger charge is 2.01. The summed E-state index contributed by atoms with van der Waals surface area (Å²) in [6, 6.07) is 0. The van der Waals surface area contributed by atoms with Gasteiger partial charge < -0.3 is 4.98 Å². The molecule has 0 aromatic carbocycles. The van der Waals surface area contributed by atoms with Crippen molar-refractivity contribution in [3.8, 4) is 5.69 Å². The molecule has 0 saturated heterocycles. The number of aryl methyl sites for hydroxylation is 2.